The Balaban J connectivity index is 1.86. The third kappa shape index (κ3) is 3.21. The van der Waals surface area contributed by atoms with Gasteiger partial charge in [0, 0.05) is 6.54 Å². The minimum atomic E-state index is -0.626. The maximum Gasteiger partial charge on any atom is 0.310 e. The van der Waals surface area contributed by atoms with Gasteiger partial charge in [-0.25, -0.2) is 0 Å². The Morgan fingerprint density at radius 1 is 1.40 bits per heavy atom. The van der Waals surface area contributed by atoms with E-state index in [-0.39, 0.29) is 0 Å². The zero-order valence-corrected chi connectivity index (χ0v) is 12.5. The Morgan fingerprint density at radius 3 is 2.65 bits per heavy atom. The number of aliphatic carboxylic acids is 1. The molecule has 1 aliphatic rings. The second kappa shape index (κ2) is 6.40. The molecule has 2 rings (SSSR count). The average molecular weight is 275 g/mol. The van der Waals surface area contributed by atoms with Crippen LogP contribution in [0.25, 0.3) is 0 Å². The van der Waals surface area contributed by atoms with Crippen molar-refractivity contribution in [3.05, 3.63) is 35.9 Å². The number of likely N-dealkylation sites (tertiary alicyclic amines) is 1. The van der Waals surface area contributed by atoms with Gasteiger partial charge in [0.1, 0.15) is 0 Å². The molecule has 20 heavy (non-hydrogen) atoms. The van der Waals surface area contributed by atoms with Crippen molar-refractivity contribution in [2.24, 2.45) is 5.41 Å². The molecule has 0 spiro atoms. The van der Waals surface area contributed by atoms with E-state index in [0.717, 1.165) is 32.4 Å². The number of benzene rings is 1. The van der Waals surface area contributed by atoms with E-state index in [0.29, 0.717) is 12.5 Å². The highest BCUT2D eigenvalue weighted by atomic mass is 16.4. The Kier molecular flexibility index (Phi) is 4.81. The molecule has 2 atom stereocenters. The lowest BCUT2D eigenvalue weighted by Crippen LogP contribution is -2.34. The van der Waals surface area contributed by atoms with Crippen molar-refractivity contribution in [1.82, 2.24) is 4.90 Å². The molecule has 0 saturated carbocycles. The largest absolute Gasteiger partial charge is 0.481 e. The lowest BCUT2D eigenvalue weighted by molar-refractivity contribution is -0.148. The molecule has 1 N–H and O–H groups in total. The fraction of sp³-hybridized carbons (Fsp3) is 0.588. The van der Waals surface area contributed by atoms with E-state index in [2.05, 4.69) is 36.1 Å². The van der Waals surface area contributed by atoms with Crippen LogP contribution in [0.3, 0.4) is 0 Å². The maximum atomic E-state index is 11.4. The van der Waals surface area contributed by atoms with Crippen LogP contribution < -0.4 is 0 Å². The Bertz CT molecular complexity index is 446. The molecule has 0 bridgehead atoms. The van der Waals surface area contributed by atoms with Crippen LogP contribution in [0, 0.1) is 5.41 Å². The van der Waals surface area contributed by atoms with Crippen LogP contribution in [0.1, 0.15) is 44.6 Å². The lowest BCUT2D eigenvalue weighted by Gasteiger charge is -2.24. The molecule has 2 unspecified atom stereocenters. The van der Waals surface area contributed by atoms with Gasteiger partial charge in [-0.1, -0.05) is 44.2 Å². The standard InChI is InChI=1S/C17H25NO2/c1-3-17(16(19)20)10-12-18(13-17)11-9-14(2)15-7-5-4-6-8-15/h4-8,14H,3,9-13H2,1-2H3,(H,19,20). The summed E-state index contributed by atoms with van der Waals surface area (Å²) in [5.41, 5.74) is 0.863. The molecular weight excluding hydrogens is 250 g/mol. The van der Waals surface area contributed by atoms with E-state index in [1.165, 1.54) is 5.56 Å². The molecule has 1 aromatic carbocycles. The van der Waals surface area contributed by atoms with E-state index in [1.807, 2.05) is 13.0 Å². The number of nitrogens with zero attached hydrogens (tertiary/aromatic N) is 1. The van der Waals surface area contributed by atoms with Crippen LogP contribution in [0.15, 0.2) is 30.3 Å². The van der Waals surface area contributed by atoms with Gasteiger partial charge in [-0.15, -0.1) is 0 Å². The Labute approximate surface area is 121 Å². The van der Waals surface area contributed by atoms with Crippen molar-refractivity contribution in [2.75, 3.05) is 19.6 Å². The van der Waals surface area contributed by atoms with Crippen molar-refractivity contribution < 1.29 is 9.90 Å². The monoisotopic (exact) mass is 275 g/mol. The van der Waals surface area contributed by atoms with Gasteiger partial charge in [-0.2, -0.15) is 0 Å². The molecule has 3 nitrogen and oxygen atoms in total. The predicted octanol–water partition coefficient (Wildman–Crippen LogP) is 3.37. The summed E-state index contributed by atoms with van der Waals surface area (Å²) in [6.07, 6.45) is 2.61. The van der Waals surface area contributed by atoms with Crippen LogP contribution in [0.2, 0.25) is 0 Å². The van der Waals surface area contributed by atoms with E-state index >= 15 is 0 Å². The van der Waals surface area contributed by atoms with Crippen LogP contribution in [-0.4, -0.2) is 35.6 Å². The van der Waals surface area contributed by atoms with Crippen LogP contribution >= 0.6 is 0 Å². The number of hydrogen-bond acceptors (Lipinski definition) is 2. The first-order valence-electron chi connectivity index (χ1n) is 7.58. The summed E-state index contributed by atoms with van der Waals surface area (Å²) < 4.78 is 0. The van der Waals surface area contributed by atoms with Gasteiger partial charge >= 0.3 is 5.97 Å². The zero-order chi connectivity index (χ0) is 14.6. The first kappa shape index (κ1) is 15.0. The highest BCUT2D eigenvalue weighted by Gasteiger charge is 2.42. The van der Waals surface area contributed by atoms with Gasteiger partial charge in [-0.05, 0) is 43.8 Å². The summed E-state index contributed by atoms with van der Waals surface area (Å²) in [6, 6.07) is 10.5. The molecule has 3 heteroatoms. The molecule has 1 aliphatic heterocycles. The second-order valence-corrected chi connectivity index (χ2v) is 6.07. The Hall–Kier alpha value is -1.35. The number of hydrogen-bond donors (Lipinski definition) is 1. The van der Waals surface area contributed by atoms with Crippen LogP contribution in [0.4, 0.5) is 0 Å². The van der Waals surface area contributed by atoms with Crippen molar-refractivity contribution in [1.29, 1.82) is 0 Å². The Morgan fingerprint density at radius 2 is 2.10 bits per heavy atom. The topological polar surface area (TPSA) is 40.5 Å². The summed E-state index contributed by atoms with van der Waals surface area (Å²) in [4.78, 5) is 13.7. The molecule has 0 aromatic heterocycles. The molecule has 0 aliphatic carbocycles. The number of carbonyl (C=O) groups is 1. The van der Waals surface area contributed by atoms with Gasteiger partial charge in [0.05, 0.1) is 5.41 Å². The lowest BCUT2D eigenvalue weighted by atomic mass is 9.84. The molecular formula is C17H25NO2. The van der Waals surface area contributed by atoms with Gasteiger partial charge in [0.15, 0.2) is 0 Å². The minimum absolute atomic E-state index is 0.504. The van der Waals surface area contributed by atoms with Gasteiger partial charge < -0.3 is 10.0 Å². The first-order chi connectivity index (χ1) is 9.57. The quantitative estimate of drug-likeness (QED) is 0.865. The van der Waals surface area contributed by atoms with E-state index in [4.69, 9.17) is 0 Å². The van der Waals surface area contributed by atoms with E-state index < -0.39 is 11.4 Å². The summed E-state index contributed by atoms with van der Waals surface area (Å²) in [5.74, 6) is -0.101. The average Bonchev–Trinajstić information content (AvgIpc) is 2.91. The molecule has 1 aromatic rings. The zero-order valence-electron chi connectivity index (χ0n) is 12.5. The van der Waals surface area contributed by atoms with Crippen LogP contribution in [0.5, 0.6) is 0 Å². The maximum absolute atomic E-state index is 11.4. The minimum Gasteiger partial charge on any atom is -0.481 e. The summed E-state index contributed by atoms with van der Waals surface area (Å²) in [5, 5.41) is 9.41. The summed E-state index contributed by atoms with van der Waals surface area (Å²) >= 11 is 0. The van der Waals surface area contributed by atoms with Crippen molar-refractivity contribution in [3.8, 4) is 0 Å². The molecule has 110 valence electrons. The van der Waals surface area contributed by atoms with Crippen LogP contribution in [-0.2, 0) is 4.79 Å². The molecule has 1 saturated heterocycles. The molecule has 0 radical (unpaired) electrons. The second-order valence-electron chi connectivity index (χ2n) is 6.07. The third-order valence-electron chi connectivity index (χ3n) is 4.81. The number of rotatable bonds is 6. The van der Waals surface area contributed by atoms with Gasteiger partial charge in [-0.3, -0.25) is 4.79 Å². The fourth-order valence-electron chi connectivity index (χ4n) is 3.09. The normalized spacial score (nSPS) is 24.7. The molecule has 0 amide bonds. The smallest absolute Gasteiger partial charge is 0.310 e. The van der Waals surface area contributed by atoms with Crippen molar-refractivity contribution >= 4 is 5.97 Å². The summed E-state index contributed by atoms with van der Waals surface area (Å²) in [6.45, 7) is 6.85. The third-order valence-corrected chi connectivity index (χ3v) is 4.81. The summed E-state index contributed by atoms with van der Waals surface area (Å²) in [7, 11) is 0. The van der Waals surface area contributed by atoms with Gasteiger partial charge in [0.2, 0.25) is 0 Å². The first-order valence-corrected chi connectivity index (χ1v) is 7.58. The van der Waals surface area contributed by atoms with Gasteiger partial charge in [0.25, 0.3) is 0 Å². The van der Waals surface area contributed by atoms with Crippen molar-refractivity contribution in [2.45, 2.75) is 39.0 Å². The molecule has 1 fully saturated rings. The number of carboxylic acid groups (broad SMARTS) is 1. The predicted molar refractivity (Wildman–Crippen MR) is 80.9 cm³/mol. The van der Waals surface area contributed by atoms with E-state index in [1.54, 1.807) is 0 Å². The fourth-order valence-corrected chi connectivity index (χ4v) is 3.09. The SMILES string of the molecule is CCC1(C(=O)O)CCN(CCC(C)c2ccccc2)C1. The van der Waals surface area contributed by atoms with Crippen molar-refractivity contribution in [3.63, 3.8) is 0 Å². The number of carboxylic acids is 1. The van der Waals surface area contributed by atoms with E-state index in [9.17, 15) is 9.90 Å². The molecule has 1 heterocycles. The highest BCUT2D eigenvalue weighted by Crippen LogP contribution is 2.34. The highest BCUT2D eigenvalue weighted by molar-refractivity contribution is 5.75.